The summed E-state index contributed by atoms with van der Waals surface area (Å²) in [5.74, 6) is 0.177. The largest absolute Gasteiger partial charge is 0.352 e. The van der Waals surface area contributed by atoms with Crippen molar-refractivity contribution in [1.82, 2.24) is 10.6 Å². The second-order valence-electron chi connectivity index (χ2n) is 5.79. The molecule has 0 saturated carbocycles. The molecule has 2 N–H and O–H groups in total. The van der Waals surface area contributed by atoms with Gasteiger partial charge in [0.15, 0.2) is 0 Å². The number of benzene rings is 2. The van der Waals surface area contributed by atoms with E-state index in [-0.39, 0.29) is 36.6 Å². The van der Waals surface area contributed by atoms with Gasteiger partial charge in [0.1, 0.15) is 5.82 Å². The summed E-state index contributed by atoms with van der Waals surface area (Å²) < 4.78 is 13.9. The maximum absolute atomic E-state index is 13.9. The first-order chi connectivity index (χ1) is 12.1. The first-order valence-corrected chi connectivity index (χ1v) is 9.17. The molecule has 1 heterocycles. The van der Waals surface area contributed by atoms with Gasteiger partial charge in [0.05, 0.1) is 6.04 Å². The Morgan fingerprint density at radius 3 is 2.72 bits per heavy atom. The highest BCUT2D eigenvalue weighted by molar-refractivity contribution is 7.99. The Morgan fingerprint density at radius 2 is 1.92 bits per heavy atom. The van der Waals surface area contributed by atoms with E-state index in [0.29, 0.717) is 10.5 Å². The summed E-state index contributed by atoms with van der Waals surface area (Å²) >= 11 is 1.48. The number of fused-ring (bicyclic) bond motifs is 1. The van der Waals surface area contributed by atoms with Crippen molar-refractivity contribution in [1.29, 1.82) is 0 Å². The number of hydrogen-bond donors (Lipinski definition) is 2. The van der Waals surface area contributed by atoms with Crippen molar-refractivity contribution < 1.29 is 14.0 Å². The Morgan fingerprint density at radius 1 is 1.12 bits per heavy atom. The van der Waals surface area contributed by atoms with Crippen molar-refractivity contribution in [3.63, 3.8) is 0 Å². The third kappa shape index (κ3) is 4.39. The van der Waals surface area contributed by atoms with Crippen LogP contribution in [0.25, 0.3) is 0 Å². The molecule has 2 aromatic carbocycles. The van der Waals surface area contributed by atoms with E-state index in [1.807, 2.05) is 12.1 Å². The van der Waals surface area contributed by atoms with Gasteiger partial charge in [-0.2, -0.15) is 0 Å². The van der Waals surface area contributed by atoms with Crippen molar-refractivity contribution >= 4 is 23.6 Å². The molecule has 1 atom stereocenters. The average Bonchev–Trinajstić information content (AvgIpc) is 2.63. The molecule has 0 aromatic heterocycles. The highest BCUT2D eigenvalue weighted by Crippen LogP contribution is 2.37. The summed E-state index contributed by atoms with van der Waals surface area (Å²) in [4.78, 5) is 24.7. The molecular formula is C19H19FN2O2S. The zero-order valence-corrected chi connectivity index (χ0v) is 14.4. The lowest BCUT2D eigenvalue weighted by Gasteiger charge is -2.26. The maximum atomic E-state index is 13.9. The van der Waals surface area contributed by atoms with Gasteiger partial charge >= 0.3 is 0 Å². The first-order valence-electron chi connectivity index (χ1n) is 8.19. The molecular weight excluding hydrogens is 339 g/mol. The minimum atomic E-state index is -0.239. The van der Waals surface area contributed by atoms with Gasteiger partial charge in [0.25, 0.3) is 5.91 Å². The van der Waals surface area contributed by atoms with E-state index >= 15 is 0 Å². The van der Waals surface area contributed by atoms with Crippen LogP contribution in [0.3, 0.4) is 0 Å². The molecule has 3 rings (SSSR count). The molecule has 1 aliphatic heterocycles. The molecule has 0 aliphatic carbocycles. The minimum absolute atomic E-state index is 0.152. The molecule has 0 saturated heterocycles. The summed E-state index contributed by atoms with van der Waals surface area (Å²) in [6, 6.07) is 13.7. The number of rotatable bonds is 5. The predicted molar refractivity (Wildman–Crippen MR) is 96.0 cm³/mol. The Kier molecular flexibility index (Phi) is 5.71. The lowest BCUT2D eigenvalue weighted by molar-refractivity contribution is -0.121. The van der Waals surface area contributed by atoms with Crippen LogP contribution in [0.15, 0.2) is 53.4 Å². The van der Waals surface area contributed by atoms with E-state index in [2.05, 4.69) is 10.6 Å². The van der Waals surface area contributed by atoms with Crippen LogP contribution in [-0.2, 0) is 4.79 Å². The first kappa shape index (κ1) is 17.5. The summed E-state index contributed by atoms with van der Waals surface area (Å²) in [5.41, 5.74) is 1.40. The van der Waals surface area contributed by atoms with Gasteiger partial charge in [-0.1, -0.05) is 30.3 Å². The zero-order valence-electron chi connectivity index (χ0n) is 13.6. The number of carbonyl (C=O) groups excluding carboxylic acids is 2. The smallest absolute Gasteiger partial charge is 0.251 e. The standard InChI is InChI=1S/C19H19FN2O2S/c20-15-8-4-7-14-16(10-12-25-18(14)15)22-17(23)9-11-21-19(24)13-5-2-1-3-6-13/h1-8,16H,9-12H2,(H,21,24)(H,22,23)/t16-/m1/s1. The highest BCUT2D eigenvalue weighted by atomic mass is 32.2. The molecule has 0 bridgehead atoms. The lowest BCUT2D eigenvalue weighted by atomic mass is 10.0. The van der Waals surface area contributed by atoms with Crippen LogP contribution in [-0.4, -0.2) is 24.1 Å². The Bertz CT molecular complexity index is 767. The van der Waals surface area contributed by atoms with Gasteiger partial charge in [-0.15, -0.1) is 11.8 Å². The minimum Gasteiger partial charge on any atom is -0.352 e. The van der Waals surface area contributed by atoms with Crippen LogP contribution in [0, 0.1) is 5.82 Å². The van der Waals surface area contributed by atoms with E-state index < -0.39 is 0 Å². The third-order valence-electron chi connectivity index (χ3n) is 4.03. The Balaban J connectivity index is 1.51. The number of thioether (sulfide) groups is 1. The normalized spacial score (nSPS) is 16.0. The second-order valence-corrected chi connectivity index (χ2v) is 6.89. The van der Waals surface area contributed by atoms with Crippen molar-refractivity contribution in [3.05, 3.63) is 65.5 Å². The van der Waals surface area contributed by atoms with Gasteiger partial charge < -0.3 is 10.6 Å². The number of amides is 2. The topological polar surface area (TPSA) is 58.2 Å². The lowest BCUT2D eigenvalue weighted by Crippen LogP contribution is -2.34. The van der Waals surface area contributed by atoms with Crippen LogP contribution in [0.2, 0.25) is 0 Å². The molecule has 6 heteroatoms. The molecule has 0 radical (unpaired) electrons. The summed E-state index contributed by atoms with van der Waals surface area (Å²) in [7, 11) is 0. The van der Waals surface area contributed by atoms with Crippen LogP contribution in [0.5, 0.6) is 0 Å². The van der Waals surface area contributed by atoms with Crippen molar-refractivity contribution in [2.45, 2.75) is 23.8 Å². The van der Waals surface area contributed by atoms with Crippen molar-refractivity contribution in [3.8, 4) is 0 Å². The van der Waals surface area contributed by atoms with Crippen LogP contribution in [0.4, 0.5) is 4.39 Å². The number of nitrogens with one attached hydrogen (secondary N) is 2. The average molecular weight is 358 g/mol. The fourth-order valence-electron chi connectivity index (χ4n) is 2.78. The second kappa shape index (κ2) is 8.16. The van der Waals surface area contributed by atoms with E-state index in [1.165, 1.54) is 17.8 Å². The monoisotopic (exact) mass is 358 g/mol. The highest BCUT2D eigenvalue weighted by Gasteiger charge is 2.24. The molecule has 0 spiro atoms. The molecule has 0 fully saturated rings. The van der Waals surface area contributed by atoms with Crippen molar-refractivity contribution in [2.24, 2.45) is 0 Å². The predicted octanol–water partition coefficient (Wildman–Crippen LogP) is 3.30. The number of halogens is 1. The molecule has 25 heavy (non-hydrogen) atoms. The fraction of sp³-hybridized carbons (Fsp3) is 0.263. The van der Waals surface area contributed by atoms with Gasteiger partial charge in [0.2, 0.25) is 5.91 Å². The van der Waals surface area contributed by atoms with Crippen LogP contribution in [0.1, 0.15) is 34.8 Å². The molecule has 2 aromatic rings. The SMILES string of the molecule is O=C(CCNC(=O)c1ccccc1)N[C@@H]1CCSc2c(F)cccc21. The fourth-order valence-corrected chi connectivity index (χ4v) is 3.92. The van der Waals surface area contributed by atoms with E-state index in [0.717, 1.165) is 17.7 Å². The van der Waals surface area contributed by atoms with Crippen LogP contribution >= 0.6 is 11.8 Å². The van der Waals surface area contributed by atoms with E-state index in [4.69, 9.17) is 0 Å². The Labute approximate surface area is 150 Å². The van der Waals surface area contributed by atoms with Crippen LogP contribution < -0.4 is 10.6 Å². The molecule has 130 valence electrons. The van der Waals surface area contributed by atoms with Gasteiger partial charge in [-0.3, -0.25) is 9.59 Å². The molecule has 4 nitrogen and oxygen atoms in total. The molecule has 0 unspecified atom stereocenters. The van der Waals surface area contributed by atoms with E-state index in [9.17, 15) is 14.0 Å². The van der Waals surface area contributed by atoms with Gasteiger partial charge in [-0.05, 0) is 30.2 Å². The number of carbonyl (C=O) groups is 2. The summed E-state index contributed by atoms with van der Waals surface area (Å²) in [6.45, 7) is 0.261. The van der Waals surface area contributed by atoms with Gasteiger partial charge in [-0.25, -0.2) is 4.39 Å². The molecule has 1 aliphatic rings. The number of hydrogen-bond acceptors (Lipinski definition) is 3. The summed E-state index contributed by atoms with van der Waals surface area (Å²) in [6.07, 6.45) is 0.954. The Hall–Kier alpha value is -2.34. The zero-order chi connectivity index (χ0) is 17.6. The maximum Gasteiger partial charge on any atom is 0.251 e. The third-order valence-corrected chi connectivity index (χ3v) is 5.19. The quantitative estimate of drug-likeness (QED) is 0.862. The van der Waals surface area contributed by atoms with Gasteiger partial charge in [0, 0.05) is 29.2 Å². The van der Waals surface area contributed by atoms with Crippen molar-refractivity contribution in [2.75, 3.05) is 12.3 Å². The van der Waals surface area contributed by atoms with E-state index in [1.54, 1.807) is 30.3 Å². The molecule has 2 amide bonds. The summed E-state index contributed by atoms with van der Waals surface area (Å²) in [5, 5.41) is 5.68.